The fourth-order valence-electron chi connectivity index (χ4n) is 1.06. The van der Waals surface area contributed by atoms with Crippen LogP contribution in [0.5, 0.6) is 0 Å². The molecule has 0 saturated carbocycles. The Morgan fingerprint density at radius 3 is 2.27 bits per heavy atom. The van der Waals surface area contributed by atoms with E-state index in [9.17, 15) is 9.59 Å². The number of thiol groups is 1. The molecule has 0 bridgehead atoms. The zero-order valence-corrected chi connectivity index (χ0v) is 9.49. The van der Waals surface area contributed by atoms with Gasteiger partial charge >= 0.3 is 0 Å². The van der Waals surface area contributed by atoms with Crippen LogP contribution in [0.25, 0.3) is 0 Å². The van der Waals surface area contributed by atoms with Crippen LogP contribution in [0, 0.1) is 0 Å². The molecule has 5 nitrogen and oxygen atoms in total. The van der Waals surface area contributed by atoms with E-state index < -0.39 is 18.1 Å². The monoisotopic (exact) mass is 233 g/mol. The largest absolute Gasteiger partial charge is 0.364 e. The third-order valence-corrected chi connectivity index (χ3v) is 2.12. The summed E-state index contributed by atoms with van der Waals surface area (Å²) in [5.74, 6) is -0.814. The van der Waals surface area contributed by atoms with Crippen molar-refractivity contribution in [1.29, 1.82) is 0 Å². The van der Waals surface area contributed by atoms with Crippen molar-refractivity contribution < 1.29 is 19.8 Å². The van der Waals surface area contributed by atoms with E-state index in [0.29, 0.717) is 0 Å². The second-order valence-corrected chi connectivity index (χ2v) is 3.28. The van der Waals surface area contributed by atoms with Gasteiger partial charge in [-0.25, -0.2) is 0 Å². The predicted molar refractivity (Wildman–Crippen MR) is 58.4 cm³/mol. The fourth-order valence-corrected chi connectivity index (χ4v) is 1.32. The van der Waals surface area contributed by atoms with Crippen LogP contribution >= 0.6 is 12.6 Å². The van der Waals surface area contributed by atoms with Crippen LogP contribution < -0.4 is 5.32 Å². The van der Waals surface area contributed by atoms with Gasteiger partial charge in [0.25, 0.3) is 0 Å². The predicted octanol–water partition coefficient (Wildman–Crippen LogP) is -0.753. The molecular weight excluding hydrogens is 218 g/mol. The zero-order chi connectivity index (χ0) is 12.0. The molecule has 0 aliphatic heterocycles. The molecule has 0 aromatic heterocycles. The summed E-state index contributed by atoms with van der Waals surface area (Å²) in [5, 5.41) is 20.2. The summed E-state index contributed by atoms with van der Waals surface area (Å²) in [4.78, 5) is 22.4. The highest BCUT2D eigenvalue weighted by Crippen LogP contribution is 2.06. The van der Waals surface area contributed by atoms with E-state index in [1.807, 2.05) is 0 Å². The number of hydrogen-bond acceptors (Lipinski definition) is 5. The molecule has 0 aliphatic carbocycles. The summed E-state index contributed by atoms with van der Waals surface area (Å²) >= 11 is 3.91. The molecule has 0 unspecified atom stereocenters. The van der Waals surface area contributed by atoms with E-state index in [1.54, 1.807) is 0 Å². The number of amides is 1. The van der Waals surface area contributed by atoms with Gasteiger partial charge in [0, 0.05) is 18.2 Å². The molecule has 0 saturated heterocycles. The van der Waals surface area contributed by atoms with Crippen molar-refractivity contribution in [2.24, 2.45) is 0 Å². The van der Waals surface area contributed by atoms with Gasteiger partial charge < -0.3 is 15.5 Å². The van der Waals surface area contributed by atoms with Crippen molar-refractivity contribution >= 4 is 24.3 Å². The second kappa shape index (κ2) is 6.60. The van der Waals surface area contributed by atoms with E-state index in [-0.39, 0.29) is 17.2 Å². The Morgan fingerprint density at radius 1 is 1.47 bits per heavy atom. The highest BCUT2D eigenvalue weighted by Gasteiger charge is 2.24. The minimum absolute atomic E-state index is 0.0997. The summed E-state index contributed by atoms with van der Waals surface area (Å²) in [7, 11) is 0. The summed E-state index contributed by atoms with van der Waals surface area (Å²) in [6.07, 6.45) is -0.538. The molecule has 1 atom stereocenters. The molecule has 0 fully saturated rings. The highest BCUT2D eigenvalue weighted by atomic mass is 32.1. The van der Waals surface area contributed by atoms with Crippen LogP contribution in [-0.2, 0) is 9.59 Å². The average molecular weight is 233 g/mol. The summed E-state index contributed by atoms with van der Waals surface area (Å²) in [6, 6.07) is -0.834. The normalized spacial score (nSPS) is 13.9. The van der Waals surface area contributed by atoms with Crippen LogP contribution in [-0.4, -0.2) is 40.0 Å². The number of ketones is 1. The third kappa shape index (κ3) is 4.46. The van der Waals surface area contributed by atoms with Crippen LogP contribution in [0.2, 0.25) is 0 Å². The first-order valence-corrected chi connectivity index (χ1v) is 5.01. The van der Waals surface area contributed by atoms with Gasteiger partial charge in [-0.2, -0.15) is 12.6 Å². The van der Waals surface area contributed by atoms with Gasteiger partial charge in [-0.1, -0.05) is 6.08 Å². The number of carbonyl (C=O) groups excluding carboxylic acids is 2. The number of aliphatic hydroxyl groups is 2. The van der Waals surface area contributed by atoms with Gasteiger partial charge in [0.15, 0.2) is 12.1 Å². The first kappa shape index (κ1) is 14.2. The van der Waals surface area contributed by atoms with E-state index in [0.717, 1.165) is 0 Å². The number of rotatable bonds is 5. The first-order valence-electron chi connectivity index (χ1n) is 4.38. The van der Waals surface area contributed by atoms with Gasteiger partial charge in [0.1, 0.15) is 6.04 Å². The maximum absolute atomic E-state index is 11.6. The zero-order valence-electron chi connectivity index (χ0n) is 8.60. The lowest BCUT2D eigenvalue weighted by molar-refractivity contribution is -0.126. The number of nitrogens with one attached hydrogen (secondary N) is 1. The summed E-state index contributed by atoms with van der Waals surface area (Å²) in [5.41, 5.74) is -0.150. The molecule has 3 N–H and O–H groups in total. The van der Waals surface area contributed by atoms with E-state index in [4.69, 9.17) is 10.2 Å². The van der Waals surface area contributed by atoms with Gasteiger partial charge in [-0.3, -0.25) is 9.59 Å². The van der Waals surface area contributed by atoms with E-state index >= 15 is 0 Å². The quantitative estimate of drug-likeness (QED) is 0.286. The first-order chi connectivity index (χ1) is 6.93. The van der Waals surface area contributed by atoms with Gasteiger partial charge in [0.2, 0.25) is 5.91 Å². The van der Waals surface area contributed by atoms with Crippen molar-refractivity contribution in [3.05, 3.63) is 11.6 Å². The SMILES string of the molecule is CC=C(C(=O)[C@H](CS)NC(C)=O)C(O)O. The molecular formula is C9H15NO4S. The Bertz CT molecular complexity index is 275. The molecule has 6 heteroatoms. The lowest BCUT2D eigenvalue weighted by Gasteiger charge is -2.16. The van der Waals surface area contributed by atoms with Crippen LogP contribution in [0.4, 0.5) is 0 Å². The molecule has 0 aliphatic rings. The van der Waals surface area contributed by atoms with Crippen LogP contribution in [0.1, 0.15) is 13.8 Å². The Balaban J connectivity index is 4.71. The molecule has 1 amide bonds. The molecule has 0 rings (SSSR count). The number of allylic oxidation sites excluding steroid dienone is 1. The molecule has 0 radical (unpaired) electrons. The second-order valence-electron chi connectivity index (χ2n) is 2.92. The van der Waals surface area contributed by atoms with Gasteiger partial charge in [0.05, 0.1) is 0 Å². The maximum atomic E-state index is 11.6. The van der Waals surface area contributed by atoms with Crippen molar-refractivity contribution in [1.82, 2.24) is 5.32 Å². The van der Waals surface area contributed by atoms with Gasteiger partial charge in [-0.05, 0) is 6.92 Å². The standard InChI is InChI=1S/C9H15NO4S/c1-3-6(9(13)14)8(12)7(4-15)10-5(2)11/h3,7,9,13-15H,4H2,1-2H3,(H,10,11)/t7-/m0/s1. The summed E-state index contributed by atoms with van der Waals surface area (Å²) in [6.45, 7) is 2.78. The number of aliphatic hydroxyl groups excluding tert-OH is 1. The molecule has 15 heavy (non-hydrogen) atoms. The van der Waals surface area contributed by atoms with Gasteiger partial charge in [-0.15, -0.1) is 0 Å². The fraction of sp³-hybridized carbons (Fsp3) is 0.556. The average Bonchev–Trinajstić information content (AvgIpc) is 2.14. The Labute approximate surface area is 93.6 Å². The Morgan fingerprint density at radius 2 is 2.00 bits per heavy atom. The van der Waals surface area contributed by atoms with Crippen LogP contribution in [0.15, 0.2) is 11.6 Å². The Kier molecular flexibility index (Phi) is 6.23. The van der Waals surface area contributed by atoms with Crippen molar-refractivity contribution in [3.63, 3.8) is 0 Å². The van der Waals surface area contributed by atoms with Crippen molar-refractivity contribution in [2.45, 2.75) is 26.2 Å². The lowest BCUT2D eigenvalue weighted by Crippen LogP contribution is -2.43. The van der Waals surface area contributed by atoms with E-state index in [1.165, 1.54) is 19.9 Å². The smallest absolute Gasteiger partial charge is 0.217 e. The molecule has 0 spiro atoms. The highest BCUT2D eigenvalue weighted by molar-refractivity contribution is 7.80. The van der Waals surface area contributed by atoms with Crippen LogP contribution in [0.3, 0.4) is 0 Å². The Hall–Kier alpha value is -0.850. The maximum Gasteiger partial charge on any atom is 0.217 e. The topological polar surface area (TPSA) is 86.6 Å². The minimum atomic E-state index is -1.83. The molecule has 0 aromatic rings. The number of carbonyl (C=O) groups is 2. The molecule has 0 aromatic carbocycles. The number of hydrogen-bond donors (Lipinski definition) is 4. The molecule has 86 valence electrons. The third-order valence-electron chi connectivity index (χ3n) is 1.75. The minimum Gasteiger partial charge on any atom is -0.364 e. The lowest BCUT2D eigenvalue weighted by atomic mass is 10.0. The van der Waals surface area contributed by atoms with E-state index in [2.05, 4.69) is 17.9 Å². The van der Waals surface area contributed by atoms with Crippen molar-refractivity contribution in [2.75, 3.05) is 5.75 Å². The number of Topliss-reactive ketones (excluding diaryl/α,β-unsaturated/α-hetero) is 1. The molecule has 0 heterocycles. The summed E-state index contributed by atoms with van der Waals surface area (Å²) < 4.78 is 0. The van der Waals surface area contributed by atoms with Crippen molar-refractivity contribution in [3.8, 4) is 0 Å².